The van der Waals surface area contributed by atoms with E-state index in [1.807, 2.05) is 0 Å². The number of aryl methyl sites for hydroxylation is 1. The summed E-state index contributed by atoms with van der Waals surface area (Å²) in [6, 6.07) is 4.93. The SMILES string of the molecule is Cc1cc(CNC(=O)C2CC=CCC2)ccc1F. The minimum absolute atomic E-state index is 0.0940. The first kappa shape index (κ1) is 12.8. The average Bonchev–Trinajstić information content (AvgIpc) is 2.41. The molecule has 0 fully saturated rings. The lowest BCUT2D eigenvalue weighted by Gasteiger charge is -2.17. The van der Waals surface area contributed by atoms with Crippen LogP contribution < -0.4 is 5.32 Å². The monoisotopic (exact) mass is 247 g/mol. The van der Waals surface area contributed by atoms with Gasteiger partial charge in [0.15, 0.2) is 0 Å². The molecule has 0 saturated carbocycles. The molecule has 0 aliphatic heterocycles. The van der Waals surface area contributed by atoms with Crippen molar-refractivity contribution in [1.82, 2.24) is 5.32 Å². The van der Waals surface area contributed by atoms with Gasteiger partial charge in [-0.25, -0.2) is 4.39 Å². The van der Waals surface area contributed by atoms with Gasteiger partial charge in [-0.2, -0.15) is 0 Å². The number of amides is 1. The Labute approximate surface area is 107 Å². The van der Waals surface area contributed by atoms with Crippen LogP contribution >= 0.6 is 0 Å². The van der Waals surface area contributed by atoms with Crippen molar-refractivity contribution in [3.63, 3.8) is 0 Å². The summed E-state index contributed by atoms with van der Waals surface area (Å²) < 4.78 is 13.1. The number of hydrogen-bond donors (Lipinski definition) is 1. The molecule has 1 aliphatic carbocycles. The number of halogens is 1. The number of allylic oxidation sites excluding steroid dienone is 2. The second kappa shape index (κ2) is 5.80. The van der Waals surface area contributed by atoms with Gasteiger partial charge in [0.1, 0.15) is 5.82 Å². The first-order valence-electron chi connectivity index (χ1n) is 6.34. The van der Waals surface area contributed by atoms with Crippen molar-refractivity contribution in [2.75, 3.05) is 0 Å². The van der Waals surface area contributed by atoms with Crippen molar-refractivity contribution in [3.8, 4) is 0 Å². The van der Waals surface area contributed by atoms with Crippen LogP contribution in [-0.2, 0) is 11.3 Å². The standard InChI is InChI=1S/C15H18FNO/c1-11-9-12(7-8-14(11)16)10-17-15(18)13-5-3-2-4-6-13/h2-3,7-9,13H,4-6,10H2,1H3,(H,17,18). The molecule has 0 spiro atoms. The van der Waals surface area contributed by atoms with Gasteiger partial charge >= 0.3 is 0 Å². The van der Waals surface area contributed by atoms with Gasteiger partial charge in [-0.05, 0) is 43.4 Å². The van der Waals surface area contributed by atoms with Gasteiger partial charge in [-0.1, -0.05) is 24.3 Å². The van der Waals surface area contributed by atoms with Crippen LogP contribution in [0.25, 0.3) is 0 Å². The van der Waals surface area contributed by atoms with Crippen LogP contribution in [0.2, 0.25) is 0 Å². The lowest BCUT2D eigenvalue weighted by atomic mass is 9.93. The van der Waals surface area contributed by atoms with Gasteiger partial charge in [0, 0.05) is 12.5 Å². The summed E-state index contributed by atoms with van der Waals surface area (Å²) in [5, 5.41) is 2.92. The van der Waals surface area contributed by atoms with Crippen molar-refractivity contribution in [2.45, 2.75) is 32.7 Å². The Bertz CT molecular complexity index is 468. The van der Waals surface area contributed by atoms with Crippen LogP contribution in [-0.4, -0.2) is 5.91 Å². The lowest BCUT2D eigenvalue weighted by Crippen LogP contribution is -2.30. The Morgan fingerprint density at radius 1 is 1.44 bits per heavy atom. The predicted molar refractivity (Wildman–Crippen MR) is 69.5 cm³/mol. The van der Waals surface area contributed by atoms with E-state index < -0.39 is 0 Å². The second-order valence-corrected chi connectivity index (χ2v) is 4.78. The first-order valence-corrected chi connectivity index (χ1v) is 6.34. The van der Waals surface area contributed by atoms with Crippen molar-refractivity contribution < 1.29 is 9.18 Å². The molecule has 18 heavy (non-hydrogen) atoms. The molecule has 1 N–H and O–H groups in total. The van der Waals surface area contributed by atoms with E-state index in [2.05, 4.69) is 17.5 Å². The zero-order valence-electron chi connectivity index (χ0n) is 10.6. The molecule has 1 aromatic carbocycles. The van der Waals surface area contributed by atoms with Gasteiger partial charge in [-0.3, -0.25) is 4.79 Å². The van der Waals surface area contributed by atoms with E-state index in [1.165, 1.54) is 6.07 Å². The number of nitrogens with one attached hydrogen (secondary N) is 1. The van der Waals surface area contributed by atoms with E-state index in [1.54, 1.807) is 19.1 Å². The van der Waals surface area contributed by atoms with Crippen LogP contribution in [0.1, 0.15) is 30.4 Å². The Kier molecular flexibility index (Phi) is 4.13. The number of carbonyl (C=O) groups is 1. The summed E-state index contributed by atoms with van der Waals surface area (Å²) >= 11 is 0. The minimum Gasteiger partial charge on any atom is -0.352 e. The normalized spacial score (nSPS) is 18.7. The van der Waals surface area contributed by atoms with E-state index in [-0.39, 0.29) is 17.6 Å². The number of benzene rings is 1. The molecule has 1 unspecified atom stereocenters. The van der Waals surface area contributed by atoms with Gasteiger partial charge < -0.3 is 5.32 Å². The largest absolute Gasteiger partial charge is 0.352 e. The van der Waals surface area contributed by atoms with Crippen LogP contribution in [0, 0.1) is 18.7 Å². The summed E-state index contributed by atoms with van der Waals surface area (Å²) in [6.07, 6.45) is 6.91. The molecular weight excluding hydrogens is 229 g/mol. The van der Waals surface area contributed by atoms with Gasteiger partial charge in [0.05, 0.1) is 0 Å². The maximum atomic E-state index is 13.1. The highest BCUT2D eigenvalue weighted by atomic mass is 19.1. The molecule has 96 valence electrons. The maximum absolute atomic E-state index is 13.1. The van der Waals surface area contributed by atoms with E-state index in [9.17, 15) is 9.18 Å². The summed E-state index contributed by atoms with van der Waals surface area (Å²) in [5.41, 5.74) is 1.55. The Morgan fingerprint density at radius 2 is 2.28 bits per heavy atom. The van der Waals surface area contributed by atoms with Gasteiger partial charge in [-0.15, -0.1) is 0 Å². The van der Waals surface area contributed by atoms with Crippen LogP contribution in [0.5, 0.6) is 0 Å². The molecule has 1 aliphatic rings. The molecule has 1 aromatic rings. The van der Waals surface area contributed by atoms with E-state index in [4.69, 9.17) is 0 Å². The molecule has 0 saturated heterocycles. The third kappa shape index (κ3) is 3.19. The Morgan fingerprint density at radius 3 is 2.94 bits per heavy atom. The average molecular weight is 247 g/mol. The predicted octanol–water partition coefficient (Wildman–Crippen LogP) is 3.11. The zero-order chi connectivity index (χ0) is 13.0. The fraction of sp³-hybridized carbons (Fsp3) is 0.400. The highest BCUT2D eigenvalue weighted by Crippen LogP contribution is 2.18. The molecule has 1 atom stereocenters. The number of carbonyl (C=O) groups excluding carboxylic acids is 1. The number of hydrogen-bond acceptors (Lipinski definition) is 1. The second-order valence-electron chi connectivity index (χ2n) is 4.78. The van der Waals surface area contributed by atoms with Crippen LogP contribution in [0.4, 0.5) is 4.39 Å². The summed E-state index contributed by atoms with van der Waals surface area (Å²) in [4.78, 5) is 11.9. The molecule has 2 rings (SSSR count). The Balaban J connectivity index is 1.88. The fourth-order valence-corrected chi connectivity index (χ4v) is 2.18. The zero-order valence-corrected chi connectivity index (χ0v) is 10.6. The maximum Gasteiger partial charge on any atom is 0.223 e. The summed E-state index contributed by atoms with van der Waals surface area (Å²) in [5.74, 6) is -0.0135. The van der Waals surface area contributed by atoms with Crippen LogP contribution in [0.3, 0.4) is 0 Å². The molecule has 3 heteroatoms. The lowest BCUT2D eigenvalue weighted by molar-refractivity contribution is -0.125. The highest BCUT2D eigenvalue weighted by Gasteiger charge is 2.17. The molecule has 0 aromatic heterocycles. The van der Waals surface area contributed by atoms with Crippen molar-refractivity contribution in [3.05, 3.63) is 47.3 Å². The minimum atomic E-state index is -0.206. The summed E-state index contributed by atoms with van der Waals surface area (Å²) in [6.45, 7) is 2.20. The fourth-order valence-electron chi connectivity index (χ4n) is 2.18. The smallest absolute Gasteiger partial charge is 0.223 e. The molecule has 0 radical (unpaired) electrons. The highest BCUT2D eigenvalue weighted by molar-refractivity contribution is 5.78. The third-order valence-electron chi connectivity index (χ3n) is 3.33. The van der Waals surface area contributed by atoms with Gasteiger partial charge in [0.2, 0.25) is 5.91 Å². The van der Waals surface area contributed by atoms with E-state index in [0.29, 0.717) is 12.1 Å². The van der Waals surface area contributed by atoms with E-state index >= 15 is 0 Å². The molecule has 0 heterocycles. The first-order chi connectivity index (χ1) is 8.66. The number of rotatable bonds is 3. The molecule has 2 nitrogen and oxygen atoms in total. The quantitative estimate of drug-likeness (QED) is 0.817. The van der Waals surface area contributed by atoms with Crippen LogP contribution in [0.15, 0.2) is 30.4 Å². The van der Waals surface area contributed by atoms with E-state index in [0.717, 1.165) is 24.8 Å². The van der Waals surface area contributed by atoms with Crippen molar-refractivity contribution in [2.24, 2.45) is 5.92 Å². The third-order valence-corrected chi connectivity index (χ3v) is 3.33. The van der Waals surface area contributed by atoms with Gasteiger partial charge in [0.25, 0.3) is 0 Å². The molecule has 0 bridgehead atoms. The Hall–Kier alpha value is -1.64. The van der Waals surface area contributed by atoms with Crippen molar-refractivity contribution in [1.29, 1.82) is 0 Å². The topological polar surface area (TPSA) is 29.1 Å². The summed E-state index contributed by atoms with van der Waals surface area (Å²) in [7, 11) is 0. The van der Waals surface area contributed by atoms with Crippen molar-refractivity contribution >= 4 is 5.91 Å². The molecular formula is C15H18FNO. The molecule has 1 amide bonds.